The van der Waals surface area contributed by atoms with Crippen molar-refractivity contribution < 1.29 is 18.3 Å². The lowest BCUT2D eigenvalue weighted by atomic mass is 10.0. The van der Waals surface area contributed by atoms with Crippen molar-refractivity contribution in [3.63, 3.8) is 0 Å². The second kappa shape index (κ2) is 6.99. The maximum Gasteiger partial charge on any atom is 0.198 e. The smallest absolute Gasteiger partial charge is 0.198 e. The minimum absolute atomic E-state index is 0.0958. The number of hydrogen-bond donors (Lipinski definition) is 1. The van der Waals surface area contributed by atoms with Gasteiger partial charge in [-0.1, -0.05) is 30.3 Å². The molecule has 6 heteroatoms. The van der Waals surface area contributed by atoms with Crippen LogP contribution in [-0.2, 0) is 6.61 Å². The second-order valence-electron chi connectivity index (χ2n) is 5.97. The van der Waals surface area contributed by atoms with E-state index in [4.69, 9.17) is 4.74 Å². The molecule has 0 unspecified atom stereocenters. The lowest BCUT2D eigenvalue weighted by molar-refractivity contribution is 0.103. The number of aromatic amines is 1. The standard InChI is InChI=1S/C21H14F2N2O2/c22-17-10-19(27-12-13-5-2-1-3-6-13)18(23)9-15(17)20(26)16-11-25-21-14(16)7-4-8-24-21/h1-11H,12H2,(H,24,25). The quantitative estimate of drug-likeness (QED) is 0.525. The summed E-state index contributed by atoms with van der Waals surface area (Å²) in [5.74, 6) is -2.51. The first-order chi connectivity index (χ1) is 13.1. The first-order valence-corrected chi connectivity index (χ1v) is 8.26. The van der Waals surface area contributed by atoms with Crippen LogP contribution >= 0.6 is 0 Å². The molecule has 0 aliphatic carbocycles. The fourth-order valence-electron chi connectivity index (χ4n) is 2.84. The normalized spacial score (nSPS) is 10.9. The van der Waals surface area contributed by atoms with E-state index in [0.29, 0.717) is 11.0 Å². The molecule has 0 aliphatic rings. The molecule has 0 amide bonds. The zero-order chi connectivity index (χ0) is 18.8. The molecule has 2 aromatic carbocycles. The topological polar surface area (TPSA) is 55.0 Å². The maximum absolute atomic E-state index is 14.5. The van der Waals surface area contributed by atoms with Gasteiger partial charge in [0.1, 0.15) is 18.1 Å². The molecule has 0 saturated heterocycles. The Kier molecular flexibility index (Phi) is 4.38. The van der Waals surface area contributed by atoms with Crippen LogP contribution in [0.5, 0.6) is 5.75 Å². The summed E-state index contributed by atoms with van der Waals surface area (Å²) >= 11 is 0. The number of rotatable bonds is 5. The molecular weight excluding hydrogens is 350 g/mol. The Balaban J connectivity index is 1.62. The Bertz CT molecular complexity index is 1120. The number of H-pyrrole nitrogens is 1. The predicted octanol–water partition coefficient (Wildman–Crippen LogP) is 4.65. The number of halogens is 2. The van der Waals surface area contributed by atoms with Crippen LogP contribution in [0.15, 0.2) is 67.0 Å². The summed E-state index contributed by atoms with van der Waals surface area (Å²) in [5.41, 5.74) is 1.20. The van der Waals surface area contributed by atoms with Gasteiger partial charge in [0.2, 0.25) is 0 Å². The fourth-order valence-corrected chi connectivity index (χ4v) is 2.84. The van der Waals surface area contributed by atoms with Gasteiger partial charge < -0.3 is 9.72 Å². The van der Waals surface area contributed by atoms with Gasteiger partial charge in [-0.25, -0.2) is 13.8 Å². The van der Waals surface area contributed by atoms with Gasteiger partial charge in [0.25, 0.3) is 0 Å². The Morgan fingerprint density at radius 1 is 1.00 bits per heavy atom. The molecule has 4 nitrogen and oxygen atoms in total. The molecule has 2 aromatic heterocycles. The number of nitrogens with one attached hydrogen (secondary N) is 1. The summed E-state index contributed by atoms with van der Waals surface area (Å²) < 4.78 is 34.2. The van der Waals surface area contributed by atoms with E-state index in [9.17, 15) is 13.6 Å². The number of aromatic nitrogens is 2. The van der Waals surface area contributed by atoms with Crippen molar-refractivity contribution in [3.05, 3.63) is 95.3 Å². The van der Waals surface area contributed by atoms with Gasteiger partial charge in [-0.2, -0.15) is 0 Å². The summed E-state index contributed by atoms with van der Waals surface area (Å²) in [6, 6.07) is 14.3. The molecule has 27 heavy (non-hydrogen) atoms. The summed E-state index contributed by atoms with van der Waals surface area (Å²) in [6.07, 6.45) is 3.02. The van der Waals surface area contributed by atoms with Gasteiger partial charge in [0, 0.05) is 29.4 Å². The lowest BCUT2D eigenvalue weighted by Gasteiger charge is -2.09. The number of hydrogen-bond acceptors (Lipinski definition) is 3. The van der Waals surface area contributed by atoms with Crippen LogP contribution < -0.4 is 4.74 Å². The van der Waals surface area contributed by atoms with Crippen molar-refractivity contribution in [2.24, 2.45) is 0 Å². The van der Waals surface area contributed by atoms with Crippen molar-refractivity contribution in [1.82, 2.24) is 9.97 Å². The number of ether oxygens (including phenoxy) is 1. The summed E-state index contributed by atoms with van der Waals surface area (Å²) in [7, 11) is 0. The van der Waals surface area contributed by atoms with E-state index in [1.807, 2.05) is 30.3 Å². The first kappa shape index (κ1) is 16.9. The SMILES string of the molecule is O=C(c1cc(F)c(OCc2ccccc2)cc1F)c1c[nH]c2ncccc12. The summed E-state index contributed by atoms with van der Waals surface area (Å²) in [5, 5.41) is 0.548. The highest BCUT2D eigenvalue weighted by Crippen LogP contribution is 2.26. The third kappa shape index (κ3) is 3.29. The van der Waals surface area contributed by atoms with Gasteiger partial charge in [-0.05, 0) is 23.8 Å². The van der Waals surface area contributed by atoms with Crippen LogP contribution in [0.4, 0.5) is 8.78 Å². The number of nitrogens with zero attached hydrogens (tertiary/aromatic N) is 1. The average Bonchev–Trinajstić information content (AvgIpc) is 3.13. The molecule has 0 fully saturated rings. The van der Waals surface area contributed by atoms with Crippen LogP contribution in [-0.4, -0.2) is 15.8 Å². The van der Waals surface area contributed by atoms with Crippen molar-refractivity contribution in [2.75, 3.05) is 0 Å². The Morgan fingerprint density at radius 3 is 2.63 bits per heavy atom. The Hall–Kier alpha value is -3.54. The van der Waals surface area contributed by atoms with Gasteiger partial charge in [0.05, 0.1) is 5.56 Å². The molecule has 1 N–H and O–H groups in total. The van der Waals surface area contributed by atoms with Crippen LogP contribution in [0.2, 0.25) is 0 Å². The molecule has 134 valence electrons. The summed E-state index contributed by atoms with van der Waals surface area (Å²) in [4.78, 5) is 19.6. The van der Waals surface area contributed by atoms with Gasteiger partial charge in [-0.15, -0.1) is 0 Å². The molecule has 4 rings (SSSR count). The zero-order valence-electron chi connectivity index (χ0n) is 14.1. The number of ketones is 1. The van der Waals surface area contributed by atoms with E-state index in [-0.39, 0.29) is 23.5 Å². The number of benzene rings is 2. The minimum atomic E-state index is -0.845. The van der Waals surface area contributed by atoms with Gasteiger partial charge >= 0.3 is 0 Å². The van der Waals surface area contributed by atoms with E-state index >= 15 is 0 Å². The molecule has 0 saturated carbocycles. The lowest BCUT2D eigenvalue weighted by Crippen LogP contribution is -2.06. The molecule has 4 aromatic rings. The minimum Gasteiger partial charge on any atom is -0.486 e. The molecule has 2 heterocycles. The molecule has 0 atom stereocenters. The Labute approximate surface area is 153 Å². The maximum atomic E-state index is 14.5. The highest BCUT2D eigenvalue weighted by atomic mass is 19.1. The van der Waals surface area contributed by atoms with E-state index < -0.39 is 17.4 Å². The third-order valence-corrected chi connectivity index (χ3v) is 4.20. The largest absolute Gasteiger partial charge is 0.486 e. The zero-order valence-corrected chi connectivity index (χ0v) is 14.1. The number of fused-ring (bicyclic) bond motifs is 1. The highest BCUT2D eigenvalue weighted by Gasteiger charge is 2.21. The van der Waals surface area contributed by atoms with E-state index in [0.717, 1.165) is 17.7 Å². The molecule has 0 bridgehead atoms. The Morgan fingerprint density at radius 2 is 1.81 bits per heavy atom. The highest BCUT2D eigenvalue weighted by molar-refractivity contribution is 6.16. The predicted molar refractivity (Wildman–Crippen MR) is 96.7 cm³/mol. The van der Waals surface area contributed by atoms with Gasteiger partial charge in [0.15, 0.2) is 17.3 Å². The van der Waals surface area contributed by atoms with Crippen molar-refractivity contribution in [2.45, 2.75) is 6.61 Å². The molecular formula is C21H14F2N2O2. The van der Waals surface area contributed by atoms with Crippen LogP contribution in [0.1, 0.15) is 21.5 Å². The third-order valence-electron chi connectivity index (χ3n) is 4.20. The molecule has 0 spiro atoms. The van der Waals surface area contributed by atoms with Crippen LogP contribution in [0, 0.1) is 11.6 Å². The van der Waals surface area contributed by atoms with Crippen molar-refractivity contribution in [3.8, 4) is 5.75 Å². The number of carbonyl (C=O) groups excluding carboxylic acids is 1. The monoisotopic (exact) mass is 364 g/mol. The van der Waals surface area contributed by atoms with Gasteiger partial charge in [-0.3, -0.25) is 4.79 Å². The van der Waals surface area contributed by atoms with Crippen LogP contribution in [0.25, 0.3) is 11.0 Å². The molecule has 0 radical (unpaired) electrons. The van der Waals surface area contributed by atoms with Crippen molar-refractivity contribution in [1.29, 1.82) is 0 Å². The van der Waals surface area contributed by atoms with E-state index in [2.05, 4.69) is 9.97 Å². The van der Waals surface area contributed by atoms with Crippen LogP contribution in [0.3, 0.4) is 0 Å². The number of pyridine rings is 1. The average molecular weight is 364 g/mol. The first-order valence-electron chi connectivity index (χ1n) is 8.26. The van der Waals surface area contributed by atoms with E-state index in [1.54, 1.807) is 18.3 Å². The fraction of sp³-hybridized carbons (Fsp3) is 0.0476. The van der Waals surface area contributed by atoms with Crippen molar-refractivity contribution >= 4 is 16.8 Å². The number of carbonyl (C=O) groups is 1. The molecule has 0 aliphatic heterocycles. The second-order valence-corrected chi connectivity index (χ2v) is 5.97. The van der Waals surface area contributed by atoms with E-state index in [1.165, 1.54) is 6.20 Å². The summed E-state index contributed by atoms with van der Waals surface area (Å²) in [6.45, 7) is 0.0958.